The van der Waals surface area contributed by atoms with Crippen molar-refractivity contribution in [2.75, 3.05) is 27.3 Å². The monoisotopic (exact) mass is 412 g/mol. The Labute approximate surface area is 179 Å². The zero-order valence-electron chi connectivity index (χ0n) is 18.6. The van der Waals surface area contributed by atoms with E-state index in [1.165, 1.54) is 5.56 Å². The Bertz CT molecular complexity index is 840. The summed E-state index contributed by atoms with van der Waals surface area (Å²) in [6, 6.07) is 10.2. The van der Waals surface area contributed by atoms with Crippen molar-refractivity contribution in [3.8, 4) is 11.5 Å². The Morgan fingerprint density at radius 1 is 1.07 bits per heavy atom. The summed E-state index contributed by atoms with van der Waals surface area (Å²) in [5.41, 5.74) is 1.85. The Kier molecular flexibility index (Phi) is 6.85. The number of ether oxygens (including phenoxy) is 3. The molecule has 1 atom stereocenters. The van der Waals surface area contributed by atoms with Crippen LogP contribution in [0, 0.1) is 5.92 Å². The van der Waals surface area contributed by atoms with Crippen LogP contribution in [0.15, 0.2) is 42.7 Å². The lowest BCUT2D eigenvalue weighted by Crippen LogP contribution is -2.42. The quantitative estimate of drug-likeness (QED) is 0.701. The van der Waals surface area contributed by atoms with Gasteiger partial charge in [0.15, 0.2) is 11.5 Å². The molecule has 6 heteroatoms. The topological polar surface area (TPSA) is 60.9 Å². The lowest BCUT2D eigenvalue weighted by atomic mass is 9.76. The van der Waals surface area contributed by atoms with Crippen LogP contribution in [-0.4, -0.2) is 48.9 Å². The molecule has 1 unspecified atom stereocenters. The van der Waals surface area contributed by atoms with E-state index >= 15 is 0 Å². The van der Waals surface area contributed by atoms with Crippen molar-refractivity contribution in [3.63, 3.8) is 0 Å². The zero-order valence-corrected chi connectivity index (χ0v) is 18.6. The molecule has 0 radical (unpaired) electrons. The van der Waals surface area contributed by atoms with E-state index in [9.17, 15) is 4.79 Å². The fraction of sp³-hybridized carbons (Fsp3) is 0.500. The molecule has 1 aromatic carbocycles. The van der Waals surface area contributed by atoms with Crippen LogP contribution >= 0.6 is 0 Å². The number of rotatable bonds is 5. The second kappa shape index (κ2) is 9.37. The first-order chi connectivity index (χ1) is 14.3. The average molecular weight is 413 g/mol. The van der Waals surface area contributed by atoms with E-state index in [0.29, 0.717) is 24.8 Å². The minimum Gasteiger partial charge on any atom is -0.493 e. The van der Waals surface area contributed by atoms with E-state index in [2.05, 4.69) is 23.2 Å². The molecule has 162 valence electrons. The highest BCUT2D eigenvalue weighted by Gasteiger charge is 2.32. The fourth-order valence-electron chi connectivity index (χ4n) is 4.08. The van der Waals surface area contributed by atoms with Crippen molar-refractivity contribution in [2.45, 2.75) is 45.1 Å². The zero-order chi connectivity index (χ0) is 21.7. The van der Waals surface area contributed by atoms with E-state index in [1.807, 2.05) is 44.0 Å². The number of methoxy groups -OCH3 is 2. The molecule has 0 bridgehead atoms. The molecule has 1 amide bonds. The number of hydrogen-bond donors (Lipinski definition) is 0. The van der Waals surface area contributed by atoms with Gasteiger partial charge >= 0.3 is 6.09 Å². The molecular weight excluding hydrogens is 380 g/mol. The number of aromatic nitrogens is 1. The third-order valence-electron chi connectivity index (χ3n) is 5.47. The van der Waals surface area contributed by atoms with E-state index in [0.717, 1.165) is 24.2 Å². The van der Waals surface area contributed by atoms with Crippen LogP contribution in [-0.2, 0) is 4.74 Å². The van der Waals surface area contributed by atoms with Crippen molar-refractivity contribution in [1.82, 2.24) is 9.88 Å². The molecule has 1 aliphatic heterocycles. The number of likely N-dealkylation sites (tertiary alicyclic amines) is 1. The van der Waals surface area contributed by atoms with Crippen LogP contribution in [0.3, 0.4) is 0 Å². The molecular formula is C24H32N2O4. The third kappa shape index (κ3) is 5.23. The summed E-state index contributed by atoms with van der Waals surface area (Å²) in [5, 5.41) is 0. The number of carbonyl (C=O) groups excluding carboxylic acids is 1. The number of carbonyl (C=O) groups is 1. The minimum absolute atomic E-state index is 0.166. The van der Waals surface area contributed by atoms with Gasteiger partial charge in [0.1, 0.15) is 5.60 Å². The van der Waals surface area contributed by atoms with Gasteiger partial charge in [-0.3, -0.25) is 4.98 Å². The summed E-state index contributed by atoms with van der Waals surface area (Å²) in [7, 11) is 3.29. The predicted octanol–water partition coefficient (Wildman–Crippen LogP) is 4.88. The average Bonchev–Trinajstić information content (AvgIpc) is 2.74. The molecule has 0 aliphatic carbocycles. The smallest absolute Gasteiger partial charge is 0.410 e. The van der Waals surface area contributed by atoms with Gasteiger partial charge in [-0.15, -0.1) is 0 Å². The van der Waals surface area contributed by atoms with Crippen LogP contribution in [0.2, 0.25) is 0 Å². The van der Waals surface area contributed by atoms with E-state index < -0.39 is 5.60 Å². The summed E-state index contributed by atoms with van der Waals surface area (Å²) in [5.74, 6) is 1.98. The molecule has 1 fully saturated rings. The van der Waals surface area contributed by atoms with Crippen molar-refractivity contribution in [3.05, 3.63) is 53.9 Å². The van der Waals surface area contributed by atoms with Crippen molar-refractivity contribution >= 4 is 6.09 Å². The summed E-state index contributed by atoms with van der Waals surface area (Å²) in [4.78, 5) is 18.6. The maximum absolute atomic E-state index is 12.4. The van der Waals surface area contributed by atoms with Gasteiger partial charge in [0.05, 0.1) is 14.2 Å². The molecule has 0 saturated carbocycles. The molecule has 0 N–H and O–H groups in total. The second-order valence-electron chi connectivity index (χ2n) is 8.68. The van der Waals surface area contributed by atoms with Crippen molar-refractivity contribution in [2.24, 2.45) is 5.92 Å². The Morgan fingerprint density at radius 2 is 1.77 bits per heavy atom. The Balaban J connectivity index is 1.83. The highest BCUT2D eigenvalue weighted by atomic mass is 16.6. The van der Waals surface area contributed by atoms with Gasteiger partial charge in [-0.05, 0) is 68.9 Å². The first-order valence-electron chi connectivity index (χ1n) is 10.4. The maximum Gasteiger partial charge on any atom is 0.410 e. The van der Waals surface area contributed by atoms with Crippen LogP contribution < -0.4 is 9.47 Å². The van der Waals surface area contributed by atoms with Crippen molar-refractivity contribution in [1.29, 1.82) is 0 Å². The third-order valence-corrected chi connectivity index (χ3v) is 5.47. The summed E-state index contributed by atoms with van der Waals surface area (Å²) < 4.78 is 16.5. The highest BCUT2D eigenvalue weighted by Crippen LogP contribution is 2.40. The maximum atomic E-state index is 12.4. The van der Waals surface area contributed by atoms with Gasteiger partial charge < -0.3 is 19.1 Å². The molecule has 30 heavy (non-hydrogen) atoms. The van der Waals surface area contributed by atoms with Crippen LogP contribution in [0.5, 0.6) is 11.5 Å². The Hall–Kier alpha value is -2.76. The molecule has 1 aromatic heterocycles. The minimum atomic E-state index is -0.480. The summed E-state index contributed by atoms with van der Waals surface area (Å²) in [6.45, 7) is 7.06. The van der Waals surface area contributed by atoms with E-state index in [-0.39, 0.29) is 12.0 Å². The predicted molar refractivity (Wildman–Crippen MR) is 116 cm³/mol. The summed E-state index contributed by atoms with van der Waals surface area (Å²) in [6.07, 6.45) is 5.28. The lowest BCUT2D eigenvalue weighted by molar-refractivity contribution is 0.0178. The number of amides is 1. The number of nitrogens with zero attached hydrogens (tertiary/aromatic N) is 2. The van der Waals surface area contributed by atoms with Gasteiger partial charge in [-0.25, -0.2) is 4.79 Å². The number of pyridine rings is 1. The van der Waals surface area contributed by atoms with Crippen LogP contribution in [0.4, 0.5) is 4.79 Å². The number of piperidine rings is 1. The molecule has 1 aliphatic rings. The molecule has 2 heterocycles. The number of benzene rings is 1. The molecule has 3 rings (SSSR count). The molecule has 2 aromatic rings. The Morgan fingerprint density at radius 3 is 2.33 bits per heavy atom. The number of hydrogen-bond acceptors (Lipinski definition) is 5. The molecule has 1 saturated heterocycles. The normalized spacial score (nSPS) is 16.1. The lowest BCUT2D eigenvalue weighted by Gasteiger charge is -2.37. The summed E-state index contributed by atoms with van der Waals surface area (Å²) >= 11 is 0. The molecule has 6 nitrogen and oxygen atoms in total. The van der Waals surface area contributed by atoms with Gasteiger partial charge in [-0.2, -0.15) is 0 Å². The first kappa shape index (κ1) is 21.9. The van der Waals surface area contributed by atoms with Crippen LogP contribution in [0.1, 0.15) is 50.7 Å². The molecule has 0 spiro atoms. The van der Waals surface area contributed by atoms with Gasteiger partial charge in [0, 0.05) is 31.4 Å². The van der Waals surface area contributed by atoms with E-state index in [4.69, 9.17) is 14.2 Å². The first-order valence-corrected chi connectivity index (χ1v) is 10.4. The standard InChI is InChI=1S/C24H32N2O4/c1-24(2,3)30-23(27)26-13-10-17(11-14-26)22(19-7-6-12-25-16-19)18-8-9-20(28-4)21(15-18)29-5/h6-9,12,15-17,22H,10-11,13-14H2,1-5H3. The van der Waals surface area contributed by atoms with Gasteiger partial charge in [0.2, 0.25) is 0 Å². The highest BCUT2D eigenvalue weighted by molar-refractivity contribution is 5.68. The SMILES string of the molecule is COc1ccc(C(c2cccnc2)C2CCN(C(=O)OC(C)(C)C)CC2)cc1OC. The van der Waals surface area contributed by atoms with Crippen LogP contribution in [0.25, 0.3) is 0 Å². The van der Waals surface area contributed by atoms with Gasteiger partial charge in [-0.1, -0.05) is 12.1 Å². The second-order valence-corrected chi connectivity index (χ2v) is 8.68. The van der Waals surface area contributed by atoms with Crippen molar-refractivity contribution < 1.29 is 19.0 Å². The van der Waals surface area contributed by atoms with E-state index in [1.54, 1.807) is 20.4 Å². The van der Waals surface area contributed by atoms with Gasteiger partial charge in [0.25, 0.3) is 0 Å². The fourth-order valence-corrected chi connectivity index (χ4v) is 4.08. The largest absolute Gasteiger partial charge is 0.493 e.